The summed E-state index contributed by atoms with van der Waals surface area (Å²) in [6, 6.07) is 9.11. The summed E-state index contributed by atoms with van der Waals surface area (Å²) in [6.45, 7) is 0. The van der Waals surface area contributed by atoms with Gasteiger partial charge in [0.25, 0.3) is 0 Å². The Hall–Kier alpha value is -2.82. The van der Waals surface area contributed by atoms with Crippen molar-refractivity contribution in [3.05, 3.63) is 48.3 Å². The van der Waals surface area contributed by atoms with E-state index in [1.807, 2.05) is 36.0 Å². The highest BCUT2D eigenvalue weighted by Gasteiger charge is 2.14. The van der Waals surface area contributed by atoms with E-state index in [0.29, 0.717) is 0 Å². The van der Waals surface area contributed by atoms with Crippen molar-refractivity contribution >= 4 is 16.9 Å². The van der Waals surface area contributed by atoms with Crippen LogP contribution in [0, 0.1) is 0 Å². The summed E-state index contributed by atoms with van der Waals surface area (Å²) in [5.74, 6) is -0.211. The maximum Gasteiger partial charge on any atom is 0.337 e. The number of aromatic nitrogens is 2. The molecule has 0 aliphatic heterocycles. The normalized spacial score (nSPS) is 10.8. The molecule has 0 unspecified atom stereocenters. The Labute approximate surface area is 121 Å². The van der Waals surface area contributed by atoms with Gasteiger partial charge in [-0.3, -0.25) is 4.98 Å². The average Bonchev–Trinajstić information content (AvgIpc) is 2.85. The molecule has 0 saturated carbocycles. The van der Waals surface area contributed by atoms with E-state index in [1.54, 1.807) is 19.2 Å². The third kappa shape index (κ3) is 2.12. The Kier molecular flexibility index (Phi) is 3.10. The molecular weight excluding hydrogens is 268 g/mol. The fourth-order valence-electron chi connectivity index (χ4n) is 2.46. The predicted octanol–water partition coefficient (Wildman–Crippen LogP) is 2.95. The lowest BCUT2D eigenvalue weighted by atomic mass is 10.1. The number of aromatic carboxylic acids is 1. The summed E-state index contributed by atoms with van der Waals surface area (Å²) in [6.07, 6.45) is 3.34. The van der Waals surface area contributed by atoms with E-state index in [1.165, 1.54) is 6.20 Å². The molecule has 2 aromatic heterocycles. The van der Waals surface area contributed by atoms with Crippen LogP contribution in [0.2, 0.25) is 0 Å². The molecule has 0 bridgehead atoms. The highest BCUT2D eigenvalue weighted by Crippen LogP contribution is 2.35. The number of pyridine rings is 1. The van der Waals surface area contributed by atoms with E-state index in [-0.39, 0.29) is 5.56 Å². The van der Waals surface area contributed by atoms with Gasteiger partial charge in [0, 0.05) is 25.0 Å². The van der Waals surface area contributed by atoms with E-state index >= 15 is 0 Å². The van der Waals surface area contributed by atoms with Crippen LogP contribution >= 0.6 is 0 Å². The number of nitrogens with zero attached hydrogens (tertiary/aromatic N) is 2. The van der Waals surface area contributed by atoms with Crippen LogP contribution in [0.25, 0.3) is 22.2 Å². The van der Waals surface area contributed by atoms with Crippen molar-refractivity contribution in [3.8, 4) is 17.0 Å². The quantitative estimate of drug-likeness (QED) is 0.802. The zero-order chi connectivity index (χ0) is 15.0. The van der Waals surface area contributed by atoms with Crippen LogP contribution in [0.3, 0.4) is 0 Å². The minimum atomic E-state index is -0.982. The number of carboxylic acids is 1. The lowest BCUT2D eigenvalue weighted by Crippen LogP contribution is -1.97. The molecule has 0 saturated heterocycles. The van der Waals surface area contributed by atoms with Gasteiger partial charge >= 0.3 is 5.97 Å². The number of rotatable bonds is 3. The van der Waals surface area contributed by atoms with Gasteiger partial charge in [-0.25, -0.2) is 4.79 Å². The molecule has 5 heteroatoms. The first kappa shape index (κ1) is 13.2. The highest BCUT2D eigenvalue weighted by molar-refractivity contribution is 6.00. The molecule has 1 aromatic carbocycles. The van der Waals surface area contributed by atoms with Crippen molar-refractivity contribution < 1.29 is 14.6 Å². The van der Waals surface area contributed by atoms with Crippen LogP contribution in [-0.2, 0) is 7.05 Å². The second kappa shape index (κ2) is 4.94. The molecule has 21 heavy (non-hydrogen) atoms. The van der Waals surface area contributed by atoms with Gasteiger partial charge in [-0.05, 0) is 24.3 Å². The van der Waals surface area contributed by atoms with Crippen LogP contribution in [0.15, 0.2) is 42.7 Å². The van der Waals surface area contributed by atoms with Crippen LogP contribution in [-0.4, -0.2) is 27.7 Å². The van der Waals surface area contributed by atoms with Gasteiger partial charge in [0.05, 0.1) is 29.3 Å². The molecule has 0 aliphatic rings. The fraction of sp³-hybridized carbons (Fsp3) is 0.125. The molecule has 0 fully saturated rings. The number of ether oxygens (including phenoxy) is 1. The van der Waals surface area contributed by atoms with Gasteiger partial charge < -0.3 is 14.4 Å². The summed E-state index contributed by atoms with van der Waals surface area (Å²) in [5, 5.41) is 9.91. The van der Waals surface area contributed by atoms with Crippen LogP contribution < -0.4 is 4.74 Å². The molecule has 0 aliphatic carbocycles. The molecular formula is C16H14N2O3. The van der Waals surface area contributed by atoms with Gasteiger partial charge in [-0.15, -0.1) is 0 Å². The second-order valence-electron chi connectivity index (χ2n) is 4.75. The Morgan fingerprint density at radius 1 is 1.29 bits per heavy atom. The van der Waals surface area contributed by atoms with Gasteiger partial charge in [-0.2, -0.15) is 0 Å². The van der Waals surface area contributed by atoms with E-state index < -0.39 is 5.97 Å². The molecule has 0 spiro atoms. The zero-order valence-electron chi connectivity index (χ0n) is 11.7. The largest absolute Gasteiger partial charge is 0.496 e. The van der Waals surface area contributed by atoms with E-state index in [9.17, 15) is 4.79 Å². The van der Waals surface area contributed by atoms with Crippen molar-refractivity contribution in [2.45, 2.75) is 0 Å². The first-order chi connectivity index (χ1) is 10.1. The standard InChI is InChI=1S/C16H14N2O3/c1-18-9-11(12-7-6-10(8-17-12)16(19)20)15-13(18)4-3-5-14(15)21-2/h3-9H,1-2H3,(H,19,20). The van der Waals surface area contributed by atoms with E-state index in [0.717, 1.165) is 27.9 Å². The van der Waals surface area contributed by atoms with Gasteiger partial charge in [0.2, 0.25) is 0 Å². The Balaban J connectivity index is 2.22. The van der Waals surface area contributed by atoms with Gasteiger partial charge in [-0.1, -0.05) is 6.07 Å². The summed E-state index contributed by atoms with van der Waals surface area (Å²) in [5.41, 5.74) is 2.84. The third-order valence-corrected chi connectivity index (χ3v) is 3.48. The summed E-state index contributed by atoms with van der Waals surface area (Å²) in [4.78, 5) is 15.2. The number of benzene rings is 1. The third-order valence-electron chi connectivity index (χ3n) is 3.48. The molecule has 3 rings (SSSR count). The Morgan fingerprint density at radius 3 is 2.71 bits per heavy atom. The molecule has 5 nitrogen and oxygen atoms in total. The lowest BCUT2D eigenvalue weighted by molar-refractivity contribution is 0.0696. The van der Waals surface area contributed by atoms with Crippen molar-refractivity contribution in [1.29, 1.82) is 0 Å². The number of carboxylic acid groups (broad SMARTS) is 1. The minimum absolute atomic E-state index is 0.172. The Bertz CT molecular complexity index is 819. The van der Waals surface area contributed by atoms with Crippen LogP contribution in [0.4, 0.5) is 0 Å². The smallest absolute Gasteiger partial charge is 0.337 e. The summed E-state index contributed by atoms with van der Waals surface area (Å²) in [7, 11) is 3.59. The average molecular weight is 282 g/mol. The van der Waals surface area contributed by atoms with Gasteiger partial charge in [0.15, 0.2) is 0 Å². The van der Waals surface area contributed by atoms with E-state index in [4.69, 9.17) is 9.84 Å². The SMILES string of the molecule is COc1cccc2c1c(-c1ccc(C(=O)O)cn1)cn2C. The van der Waals surface area contributed by atoms with Crippen molar-refractivity contribution in [3.63, 3.8) is 0 Å². The topological polar surface area (TPSA) is 64.3 Å². The van der Waals surface area contributed by atoms with Crippen molar-refractivity contribution in [2.75, 3.05) is 7.11 Å². The van der Waals surface area contributed by atoms with Crippen molar-refractivity contribution in [1.82, 2.24) is 9.55 Å². The number of fused-ring (bicyclic) bond motifs is 1. The van der Waals surface area contributed by atoms with Crippen LogP contribution in [0.1, 0.15) is 10.4 Å². The lowest BCUT2D eigenvalue weighted by Gasteiger charge is -2.05. The Morgan fingerprint density at radius 2 is 2.10 bits per heavy atom. The first-order valence-electron chi connectivity index (χ1n) is 6.43. The summed E-state index contributed by atoms with van der Waals surface area (Å²) < 4.78 is 7.43. The molecule has 0 atom stereocenters. The zero-order valence-corrected chi connectivity index (χ0v) is 11.7. The monoisotopic (exact) mass is 282 g/mol. The minimum Gasteiger partial charge on any atom is -0.496 e. The highest BCUT2D eigenvalue weighted by atomic mass is 16.5. The molecule has 2 heterocycles. The maximum atomic E-state index is 10.9. The number of carbonyl (C=O) groups is 1. The molecule has 1 N–H and O–H groups in total. The number of hydrogen-bond acceptors (Lipinski definition) is 3. The van der Waals surface area contributed by atoms with E-state index in [2.05, 4.69) is 4.98 Å². The maximum absolute atomic E-state index is 10.9. The second-order valence-corrected chi connectivity index (χ2v) is 4.75. The first-order valence-corrected chi connectivity index (χ1v) is 6.43. The van der Waals surface area contributed by atoms with Crippen molar-refractivity contribution in [2.24, 2.45) is 7.05 Å². The number of aryl methyl sites for hydroxylation is 1. The molecule has 3 aromatic rings. The fourth-order valence-corrected chi connectivity index (χ4v) is 2.46. The molecule has 0 radical (unpaired) electrons. The molecule has 106 valence electrons. The number of hydrogen-bond donors (Lipinski definition) is 1. The van der Waals surface area contributed by atoms with Gasteiger partial charge in [0.1, 0.15) is 5.75 Å². The number of methoxy groups -OCH3 is 1. The van der Waals surface area contributed by atoms with Crippen LogP contribution in [0.5, 0.6) is 5.75 Å². The predicted molar refractivity (Wildman–Crippen MR) is 79.7 cm³/mol. The summed E-state index contributed by atoms with van der Waals surface area (Å²) >= 11 is 0. The molecule has 0 amide bonds.